The summed E-state index contributed by atoms with van der Waals surface area (Å²) < 4.78 is 6.60. The minimum absolute atomic E-state index is 0.0219. The summed E-state index contributed by atoms with van der Waals surface area (Å²) in [6.45, 7) is 6.15. The highest BCUT2D eigenvalue weighted by Gasteiger charge is 2.29. The van der Waals surface area contributed by atoms with Crippen LogP contribution < -0.4 is 5.32 Å². The van der Waals surface area contributed by atoms with E-state index >= 15 is 0 Å². The average Bonchev–Trinajstić information content (AvgIpc) is 2.85. The van der Waals surface area contributed by atoms with Gasteiger partial charge in [-0.2, -0.15) is 0 Å². The fraction of sp³-hybridized carbons (Fsp3) is 0.667. The molecule has 90 valence electrons. The van der Waals surface area contributed by atoms with Crippen LogP contribution in [-0.4, -0.2) is 18.8 Å². The molecule has 0 amide bonds. The maximum atomic E-state index is 5.93. The Kier molecular flexibility index (Phi) is 3.90. The van der Waals surface area contributed by atoms with Gasteiger partial charge < -0.3 is 10.1 Å². The molecule has 4 heteroatoms. The lowest BCUT2D eigenvalue weighted by molar-refractivity contribution is 0.0191. The van der Waals surface area contributed by atoms with Crippen molar-refractivity contribution < 1.29 is 4.74 Å². The molecule has 2 atom stereocenters. The summed E-state index contributed by atoms with van der Waals surface area (Å²) in [5.41, 5.74) is 1.28. The number of hydrogen-bond donors (Lipinski definition) is 1. The van der Waals surface area contributed by atoms with Gasteiger partial charge in [0, 0.05) is 19.2 Å². The molecule has 1 aromatic rings. The molecule has 0 aliphatic carbocycles. The van der Waals surface area contributed by atoms with E-state index in [9.17, 15) is 0 Å². The van der Waals surface area contributed by atoms with E-state index in [0.717, 1.165) is 23.9 Å². The maximum Gasteiger partial charge on any atom is 0.0931 e. The maximum absolute atomic E-state index is 5.93. The Balaban J connectivity index is 1.86. The summed E-state index contributed by atoms with van der Waals surface area (Å²) in [5, 5.41) is 5.63. The Morgan fingerprint density at radius 2 is 2.50 bits per heavy atom. The summed E-state index contributed by atoms with van der Waals surface area (Å²) in [7, 11) is 0. The predicted molar refractivity (Wildman–Crippen MR) is 69.3 cm³/mol. The molecule has 0 bridgehead atoms. The molecular formula is C12H18ClNOS. The van der Waals surface area contributed by atoms with E-state index in [0.29, 0.717) is 6.04 Å². The SMILES string of the molecule is CC(NCC1(C)CCCO1)c1csc(Cl)c1. The van der Waals surface area contributed by atoms with E-state index in [1.54, 1.807) is 11.3 Å². The van der Waals surface area contributed by atoms with Crippen molar-refractivity contribution in [1.82, 2.24) is 5.32 Å². The lowest BCUT2D eigenvalue weighted by atomic mass is 10.0. The average molecular weight is 260 g/mol. The quantitative estimate of drug-likeness (QED) is 0.892. The number of nitrogens with one attached hydrogen (secondary N) is 1. The summed E-state index contributed by atoms with van der Waals surface area (Å²) in [4.78, 5) is 0. The van der Waals surface area contributed by atoms with Crippen molar-refractivity contribution in [3.8, 4) is 0 Å². The number of ether oxygens (including phenoxy) is 1. The van der Waals surface area contributed by atoms with Crippen LogP contribution in [-0.2, 0) is 4.74 Å². The van der Waals surface area contributed by atoms with Gasteiger partial charge in [-0.3, -0.25) is 0 Å². The third-order valence-electron chi connectivity index (χ3n) is 3.17. The van der Waals surface area contributed by atoms with E-state index in [2.05, 4.69) is 24.5 Å². The Hall–Kier alpha value is -0.0900. The Morgan fingerprint density at radius 3 is 3.06 bits per heavy atom. The van der Waals surface area contributed by atoms with E-state index in [-0.39, 0.29) is 5.60 Å². The fourth-order valence-corrected chi connectivity index (χ4v) is 3.00. The van der Waals surface area contributed by atoms with Crippen molar-refractivity contribution in [2.75, 3.05) is 13.2 Å². The van der Waals surface area contributed by atoms with Crippen LogP contribution in [0.1, 0.15) is 38.3 Å². The number of thiophene rings is 1. The molecular weight excluding hydrogens is 242 g/mol. The van der Waals surface area contributed by atoms with E-state index in [1.165, 1.54) is 12.0 Å². The minimum atomic E-state index is 0.0219. The van der Waals surface area contributed by atoms with Gasteiger partial charge in [-0.1, -0.05) is 11.6 Å². The summed E-state index contributed by atoms with van der Waals surface area (Å²) >= 11 is 7.51. The van der Waals surface area contributed by atoms with E-state index < -0.39 is 0 Å². The van der Waals surface area contributed by atoms with Gasteiger partial charge >= 0.3 is 0 Å². The van der Waals surface area contributed by atoms with Gasteiger partial charge in [0.1, 0.15) is 0 Å². The second-order valence-electron chi connectivity index (χ2n) is 4.69. The molecule has 1 fully saturated rings. The standard InChI is InChI=1S/C12H18ClNOS/c1-9(10-6-11(13)16-7-10)14-8-12(2)4-3-5-15-12/h6-7,9,14H,3-5,8H2,1-2H3. The second-order valence-corrected chi connectivity index (χ2v) is 6.23. The molecule has 1 aromatic heterocycles. The lowest BCUT2D eigenvalue weighted by Crippen LogP contribution is -2.38. The van der Waals surface area contributed by atoms with Crippen molar-refractivity contribution in [2.45, 2.75) is 38.3 Å². The first kappa shape index (κ1) is 12.4. The van der Waals surface area contributed by atoms with Gasteiger partial charge in [0.15, 0.2) is 0 Å². The number of halogens is 1. The van der Waals surface area contributed by atoms with Gasteiger partial charge in [0.05, 0.1) is 9.94 Å². The third kappa shape index (κ3) is 2.98. The zero-order valence-electron chi connectivity index (χ0n) is 9.75. The van der Waals surface area contributed by atoms with Crippen LogP contribution in [0.5, 0.6) is 0 Å². The topological polar surface area (TPSA) is 21.3 Å². The smallest absolute Gasteiger partial charge is 0.0931 e. The van der Waals surface area contributed by atoms with Crippen molar-refractivity contribution >= 4 is 22.9 Å². The predicted octanol–water partition coefficient (Wildman–Crippen LogP) is 3.62. The van der Waals surface area contributed by atoms with Crippen molar-refractivity contribution in [3.63, 3.8) is 0 Å². The van der Waals surface area contributed by atoms with Gasteiger partial charge in [0.25, 0.3) is 0 Å². The highest BCUT2D eigenvalue weighted by molar-refractivity contribution is 7.14. The molecule has 2 heterocycles. The minimum Gasteiger partial charge on any atom is -0.374 e. The van der Waals surface area contributed by atoms with Crippen molar-refractivity contribution in [2.24, 2.45) is 0 Å². The van der Waals surface area contributed by atoms with Crippen LogP contribution in [0.4, 0.5) is 0 Å². The Labute approximate surface area is 106 Å². The fourth-order valence-electron chi connectivity index (χ4n) is 2.01. The molecule has 0 spiro atoms. The first-order valence-electron chi connectivity index (χ1n) is 5.70. The van der Waals surface area contributed by atoms with E-state index in [1.807, 2.05) is 6.07 Å². The molecule has 2 nitrogen and oxygen atoms in total. The van der Waals surface area contributed by atoms with Gasteiger partial charge in [-0.05, 0) is 43.7 Å². The van der Waals surface area contributed by atoms with Gasteiger partial charge in [0.2, 0.25) is 0 Å². The zero-order valence-corrected chi connectivity index (χ0v) is 11.3. The largest absolute Gasteiger partial charge is 0.374 e. The second kappa shape index (κ2) is 5.05. The molecule has 0 radical (unpaired) electrons. The Bertz CT molecular complexity index is 347. The van der Waals surface area contributed by atoms with E-state index in [4.69, 9.17) is 16.3 Å². The first-order chi connectivity index (χ1) is 7.59. The third-order valence-corrected chi connectivity index (χ3v) is 4.28. The molecule has 2 unspecified atom stereocenters. The summed E-state index contributed by atoms with van der Waals surface area (Å²) in [6, 6.07) is 2.37. The molecule has 1 aliphatic rings. The number of hydrogen-bond acceptors (Lipinski definition) is 3. The first-order valence-corrected chi connectivity index (χ1v) is 6.96. The molecule has 1 N–H and O–H groups in total. The van der Waals surface area contributed by atoms with Gasteiger partial charge in [-0.15, -0.1) is 11.3 Å². The molecule has 1 aliphatic heterocycles. The molecule has 16 heavy (non-hydrogen) atoms. The van der Waals surface area contributed by atoms with Crippen LogP contribution in [0.2, 0.25) is 4.34 Å². The van der Waals surface area contributed by atoms with Crippen LogP contribution in [0.15, 0.2) is 11.4 Å². The highest BCUT2D eigenvalue weighted by atomic mass is 35.5. The summed E-state index contributed by atoms with van der Waals surface area (Å²) in [5.74, 6) is 0. The molecule has 0 aromatic carbocycles. The Morgan fingerprint density at radius 1 is 1.69 bits per heavy atom. The molecule has 2 rings (SSSR count). The van der Waals surface area contributed by atoms with Crippen molar-refractivity contribution in [3.05, 3.63) is 21.3 Å². The molecule has 1 saturated heterocycles. The normalized spacial score (nSPS) is 27.2. The van der Waals surface area contributed by atoms with Crippen LogP contribution in [0.3, 0.4) is 0 Å². The van der Waals surface area contributed by atoms with Crippen molar-refractivity contribution in [1.29, 1.82) is 0 Å². The van der Waals surface area contributed by atoms with Gasteiger partial charge in [-0.25, -0.2) is 0 Å². The van der Waals surface area contributed by atoms with Crippen LogP contribution in [0, 0.1) is 0 Å². The van der Waals surface area contributed by atoms with Crippen LogP contribution >= 0.6 is 22.9 Å². The highest BCUT2D eigenvalue weighted by Crippen LogP contribution is 2.27. The van der Waals surface area contributed by atoms with Crippen LogP contribution in [0.25, 0.3) is 0 Å². The molecule has 0 saturated carbocycles. The lowest BCUT2D eigenvalue weighted by Gasteiger charge is -2.25. The number of rotatable bonds is 4. The summed E-state index contributed by atoms with van der Waals surface area (Å²) in [6.07, 6.45) is 2.33. The monoisotopic (exact) mass is 259 g/mol. The zero-order chi connectivity index (χ0) is 11.6.